The topological polar surface area (TPSA) is 80.4 Å². The van der Waals surface area contributed by atoms with Gasteiger partial charge >= 0.3 is 29.6 Å². The Labute approximate surface area is 110 Å². The van der Waals surface area contributed by atoms with Gasteiger partial charge in [0, 0.05) is 6.54 Å². The van der Waals surface area contributed by atoms with Gasteiger partial charge in [-0.3, -0.25) is 4.55 Å². The Bertz CT molecular complexity index is 207. The number of nitrogens with two attached hydrogens (primary N) is 1. The summed E-state index contributed by atoms with van der Waals surface area (Å²) >= 11 is 0. The number of hydrogen-bond acceptors (Lipinski definition) is 3. The first-order valence-electron chi connectivity index (χ1n) is 4.18. The van der Waals surface area contributed by atoms with Crippen molar-refractivity contribution in [3.63, 3.8) is 0 Å². The molecule has 14 heavy (non-hydrogen) atoms. The summed E-state index contributed by atoms with van der Waals surface area (Å²) in [7, 11) is -3.92. The van der Waals surface area contributed by atoms with E-state index in [1.807, 2.05) is 6.92 Å². The maximum atomic E-state index is 10.6. The molecule has 1 atom stereocenters. The molecule has 0 amide bonds. The van der Waals surface area contributed by atoms with Crippen molar-refractivity contribution in [3.8, 4) is 0 Å². The van der Waals surface area contributed by atoms with Gasteiger partial charge < -0.3 is 5.73 Å². The van der Waals surface area contributed by atoms with Crippen molar-refractivity contribution in [1.29, 1.82) is 0 Å². The molecular weight excluding hydrogens is 213 g/mol. The normalized spacial score (nSPS) is 12.5. The van der Waals surface area contributed by atoms with Crippen LogP contribution in [0.4, 0.5) is 0 Å². The third-order valence-corrected chi connectivity index (χ3v) is 3.08. The fraction of sp³-hybridized carbons (Fsp3) is 1.00. The number of rotatable bonds is 6. The van der Waals surface area contributed by atoms with Crippen LogP contribution in [0.1, 0.15) is 40.0 Å². The zero-order valence-corrected chi connectivity index (χ0v) is 8.18. The van der Waals surface area contributed by atoms with Crippen molar-refractivity contribution in [2.24, 2.45) is 5.73 Å². The second kappa shape index (κ2) is 10.4. The monoisotopic (exact) mass is 235 g/mol. The van der Waals surface area contributed by atoms with Gasteiger partial charge in [0.05, 0.1) is 5.25 Å². The van der Waals surface area contributed by atoms with Crippen molar-refractivity contribution in [1.82, 2.24) is 0 Å². The van der Waals surface area contributed by atoms with E-state index in [2.05, 4.69) is 0 Å². The quantitative estimate of drug-likeness (QED) is 0.405. The van der Waals surface area contributed by atoms with Gasteiger partial charge in [-0.1, -0.05) is 33.6 Å². The average Bonchev–Trinajstić information content (AvgIpc) is 1.95. The van der Waals surface area contributed by atoms with Crippen molar-refractivity contribution >= 4 is 39.7 Å². The first-order chi connectivity index (χ1) is 5.52. The third-order valence-electron chi connectivity index (χ3n) is 1.81. The Kier molecular flexibility index (Phi) is 15.1. The summed E-state index contributed by atoms with van der Waals surface area (Å²) in [6.07, 6.45) is 3.27. The number of hydrogen-bond donors (Lipinski definition) is 2. The van der Waals surface area contributed by atoms with Crippen LogP contribution in [0.5, 0.6) is 0 Å². The van der Waals surface area contributed by atoms with Gasteiger partial charge in [0.15, 0.2) is 0 Å². The summed E-state index contributed by atoms with van der Waals surface area (Å²) in [6, 6.07) is 0. The fourth-order valence-electron chi connectivity index (χ4n) is 1.01. The van der Waals surface area contributed by atoms with Crippen LogP contribution in [0.25, 0.3) is 0 Å². The van der Waals surface area contributed by atoms with Gasteiger partial charge in [0.25, 0.3) is 10.1 Å². The second-order valence-corrected chi connectivity index (χ2v) is 4.57. The van der Waals surface area contributed by atoms with Gasteiger partial charge in [-0.2, -0.15) is 8.42 Å². The Morgan fingerprint density at radius 1 is 1.36 bits per heavy atom. The van der Waals surface area contributed by atoms with Crippen molar-refractivity contribution in [3.05, 3.63) is 0 Å². The van der Waals surface area contributed by atoms with Crippen LogP contribution in [-0.2, 0) is 10.1 Å². The van der Waals surface area contributed by atoms with Gasteiger partial charge in [0.2, 0.25) is 0 Å². The van der Waals surface area contributed by atoms with Crippen molar-refractivity contribution in [2.75, 3.05) is 6.54 Å². The molecular formula is C8H22NNaO3S. The fourth-order valence-corrected chi connectivity index (χ4v) is 1.72. The molecule has 0 heterocycles. The van der Waals surface area contributed by atoms with E-state index in [0.29, 0.717) is 6.42 Å². The molecule has 0 aliphatic rings. The Hall–Kier alpha value is 0.870. The van der Waals surface area contributed by atoms with E-state index in [4.69, 9.17) is 10.3 Å². The van der Waals surface area contributed by atoms with E-state index >= 15 is 0 Å². The first-order valence-corrected chi connectivity index (χ1v) is 5.69. The molecule has 0 aromatic carbocycles. The van der Waals surface area contributed by atoms with E-state index < -0.39 is 15.4 Å². The van der Waals surface area contributed by atoms with Crippen LogP contribution in [0, 0.1) is 0 Å². The Morgan fingerprint density at radius 3 is 2.14 bits per heavy atom. The van der Waals surface area contributed by atoms with E-state index in [-0.39, 0.29) is 43.5 Å². The van der Waals surface area contributed by atoms with Gasteiger partial charge in [-0.25, -0.2) is 0 Å². The molecule has 84 valence electrons. The first kappa shape index (κ1) is 20.3. The van der Waals surface area contributed by atoms with Crippen LogP contribution < -0.4 is 5.73 Å². The van der Waals surface area contributed by atoms with Gasteiger partial charge in [0.1, 0.15) is 0 Å². The van der Waals surface area contributed by atoms with Crippen molar-refractivity contribution in [2.45, 2.75) is 45.3 Å². The summed E-state index contributed by atoms with van der Waals surface area (Å²) in [5, 5.41) is -0.774. The molecule has 3 N–H and O–H groups in total. The molecule has 0 radical (unpaired) electrons. The second-order valence-electron chi connectivity index (χ2n) is 2.87. The molecule has 0 aliphatic carbocycles. The zero-order chi connectivity index (χ0) is 9.61. The SMILES string of the molecule is C.CCCCCC(CN)S(=O)(=O)O.[NaH]. The van der Waals surface area contributed by atoms with Crippen LogP contribution >= 0.6 is 0 Å². The third kappa shape index (κ3) is 9.43. The molecule has 0 fully saturated rings. The minimum atomic E-state index is -3.92. The van der Waals surface area contributed by atoms with Gasteiger partial charge in [-0.05, 0) is 6.42 Å². The van der Waals surface area contributed by atoms with E-state index in [1.54, 1.807) is 0 Å². The molecule has 0 aromatic rings. The molecule has 0 aliphatic heterocycles. The van der Waals surface area contributed by atoms with E-state index in [9.17, 15) is 8.42 Å². The maximum absolute atomic E-state index is 10.6. The molecule has 4 nitrogen and oxygen atoms in total. The van der Waals surface area contributed by atoms with E-state index in [1.165, 1.54) is 0 Å². The summed E-state index contributed by atoms with van der Waals surface area (Å²) in [4.78, 5) is 0. The van der Waals surface area contributed by atoms with E-state index in [0.717, 1.165) is 19.3 Å². The predicted octanol–water partition coefficient (Wildman–Crippen LogP) is 0.769. The molecule has 0 aromatic heterocycles. The summed E-state index contributed by atoms with van der Waals surface area (Å²) in [5.74, 6) is 0. The van der Waals surface area contributed by atoms with Crippen molar-refractivity contribution < 1.29 is 13.0 Å². The minimum absolute atomic E-state index is 0. The average molecular weight is 235 g/mol. The number of unbranched alkanes of at least 4 members (excludes halogenated alkanes) is 2. The van der Waals surface area contributed by atoms with Gasteiger partial charge in [-0.15, -0.1) is 0 Å². The predicted molar refractivity (Wildman–Crippen MR) is 62.4 cm³/mol. The molecule has 0 spiro atoms. The molecule has 0 saturated carbocycles. The Balaban J connectivity index is -0.000000605. The van der Waals surface area contributed by atoms with Crippen LogP contribution in [0.3, 0.4) is 0 Å². The molecule has 0 rings (SSSR count). The Morgan fingerprint density at radius 2 is 1.86 bits per heavy atom. The standard InChI is InChI=1S/C7H17NO3S.CH4.Na.H/c1-2-3-4-5-7(6-8)12(9,10)11;;;/h7H,2-6,8H2,1H3,(H,9,10,11);1H4;;. The zero-order valence-electron chi connectivity index (χ0n) is 7.36. The summed E-state index contributed by atoms with van der Waals surface area (Å²) in [6.45, 7) is 2.04. The summed E-state index contributed by atoms with van der Waals surface area (Å²) in [5.41, 5.74) is 5.20. The van der Waals surface area contributed by atoms with Crippen LogP contribution in [0.2, 0.25) is 0 Å². The molecule has 6 heteroatoms. The molecule has 1 unspecified atom stereocenters. The molecule has 0 saturated heterocycles. The van der Waals surface area contributed by atoms with Crippen LogP contribution in [0.15, 0.2) is 0 Å². The van der Waals surface area contributed by atoms with Crippen LogP contribution in [-0.4, -0.2) is 54.3 Å². The molecule has 0 bridgehead atoms. The summed E-state index contributed by atoms with van der Waals surface area (Å²) < 4.78 is 29.9.